The highest BCUT2D eigenvalue weighted by molar-refractivity contribution is 5.83. The number of Topliss-reactive ketones (excluding diaryl/α,β-unsaturated/α-hetero) is 1. The van der Waals surface area contributed by atoms with Crippen molar-refractivity contribution in [1.82, 2.24) is 0 Å². The number of hydrogen-bond donors (Lipinski definition) is 2. The molecule has 0 aromatic heterocycles. The standard InChI is InChI=1S/C51H78O11/c1-4-5-6-7-8-9-10-11-12-13-14-15-16-17-21-24-48(53)49(54)50(61-42-41-60-40-39-59-38-37-58-36-35-57-34-33-52)62-51(43-22-19-18-20-23-43,44-25-29-46(55-2)30-26-44)45-27-31-47(56-3)32-28-45/h18-20,22-23,25-32,49-50,52,54H,4-17,21,24,33-42H2,1-3H3. The van der Waals surface area contributed by atoms with Crippen LogP contribution in [0.25, 0.3) is 0 Å². The quantitative estimate of drug-likeness (QED) is 0.0322. The van der Waals surface area contributed by atoms with Gasteiger partial charge in [0, 0.05) is 6.42 Å². The Bertz CT molecular complexity index is 1450. The fraction of sp³-hybridized carbons (Fsp3) is 0.627. The number of aliphatic hydroxyl groups is 2. The molecule has 62 heavy (non-hydrogen) atoms. The second-order valence-corrected chi connectivity index (χ2v) is 15.6. The maximum Gasteiger partial charge on any atom is 0.192 e. The van der Waals surface area contributed by atoms with Gasteiger partial charge in [-0.3, -0.25) is 4.79 Å². The van der Waals surface area contributed by atoms with Crippen LogP contribution in [0.15, 0.2) is 78.9 Å². The number of rotatable bonds is 40. The Morgan fingerprint density at radius 1 is 0.516 bits per heavy atom. The summed E-state index contributed by atoms with van der Waals surface area (Å²) in [7, 11) is 3.24. The lowest BCUT2D eigenvalue weighted by atomic mass is 9.80. The summed E-state index contributed by atoms with van der Waals surface area (Å²) in [5.74, 6) is 1.02. The molecule has 3 aromatic carbocycles. The second-order valence-electron chi connectivity index (χ2n) is 15.6. The van der Waals surface area contributed by atoms with Gasteiger partial charge in [-0.05, 0) is 47.4 Å². The first kappa shape index (κ1) is 53.0. The molecule has 0 aliphatic rings. The van der Waals surface area contributed by atoms with E-state index in [1.165, 1.54) is 70.6 Å². The van der Waals surface area contributed by atoms with Gasteiger partial charge in [-0.15, -0.1) is 0 Å². The summed E-state index contributed by atoms with van der Waals surface area (Å²) in [5.41, 5.74) is 0.962. The Kier molecular flexibility index (Phi) is 29.1. The van der Waals surface area contributed by atoms with E-state index in [1.54, 1.807) is 14.2 Å². The molecule has 2 atom stereocenters. The molecule has 0 saturated heterocycles. The van der Waals surface area contributed by atoms with Crippen LogP contribution >= 0.6 is 0 Å². The molecular formula is C51H78O11. The predicted molar refractivity (Wildman–Crippen MR) is 244 cm³/mol. The highest BCUT2D eigenvalue weighted by Crippen LogP contribution is 2.43. The molecule has 3 aromatic rings. The molecule has 2 unspecified atom stereocenters. The van der Waals surface area contributed by atoms with E-state index in [2.05, 4.69) is 6.92 Å². The topological polar surface area (TPSA) is 131 Å². The van der Waals surface area contributed by atoms with Crippen LogP contribution in [0.1, 0.15) is 126 Å². The van der Waals surface area contributed by atoms with Gasteiger partial charge in [0.2, 0.25) is 0 Å². The van der Waals surface area contributed by atoms with Crippen molar-refractivity contribution in [2.75, 3.05) is 80.3 Å². The maximum absolute atomic E-state index is 13.8. The van der Waals surface area contributed by atoms with Crippen LogP contribution in [0, 0.1) is 0 Å². The molecule has 3 rings (SSSR count). The Morgan fingerprint density at radius 3 is 1.32 bits per heavy atom. The van der Waals surface area contributed by atoms with Crippen molar-refractivity contribution >= 4 is 5.78 Å². The van der Waals surface area contributed by atoms with Crippen molar-refractivity contribution in [3.8, 4) is 11.5 Å². The van der Waals surface area contributed by atoms with E-state index in [4.69, 9.17) is 43.0 Å². The van der Waals surface area contributed by atoms with Crippen LogP contribution in [0.5, 0.6) is 11.5 Å². The fourth-order valence-corrected chi connectivity index (χ4v) is 7.41. The van der Waals surface area contributed by atoms with E-state index in [-0.39, 0.29) is 32.0 Å². The minimum Gasteiger partial charge on any atom is -0.497 e. The first-order valence-electron chi connectivity index (χ1n) is 23.3. The normalized spacial score (nSPS) is 12.7. The molecule has 0 amide bonds. The maximum atomic E-state index is 13.8. The number of aliphatic hydroxyl groups excluding tert-OH is 2. The van der Waals surface area contributed by atoms with Crippen LogP contribution in [0.4, 0.5) is 0 Å². The van der Waals surface area contributed by atoms with E-state index in [1.807, 2.05) is 78.9 Å². The zero-order chi connectivity index (χ0) is 44.4. The van der Waals surface area contributed by atoms with Crippen molar-refractivity contribution in [2.24, 2.45) is 0 Å². The highest BCUT2D eigenvalue weighted by Gasteiger charge is 2.43. The highest BCUT2D eigenvalue weighted by atomic mass is 16.7. The SMILES string of the molecule is CCCCCCCCCCCCCCCCCC(=O)C(O)C(OCCOCCOCCOCCOCCO)OC(c1ccccc1)(c1ccc(OC)cc1)c1ccc(OC)cc1. The minimum atomic E-state index is -1.56. The lowest BCUT2D eigenvalue weighted by molar-refractivity contribution is -0.232. The predicted octanol–water partition coefficient (Wildman–Crippen LogP) is 9.61. The molecule has 0 aliphatic carbocycles. The van der Waals surface area contributed by atoms with Gasteiger partial charge in [-0.2, -0.15) is 0 Å². The van der Waals surface area contributed by atoms with Crippen LogP contribution in [-0.2, 0) is 38.8 Å². The Balaban J connectivity index is 1.65. The number of hydrogen-bond acceptors (Lipinski definition) is 11. The third-order valence-corrected chi connectivity index (χ3v) is 10.9. The van der Waals surface area contributed by atoms with Crippen molar-refractivity contribution < 1.29 is 52.9 Å². The first-order valence-corrected chi connectivity index (χ1v) is 23.3. The summed E-state index contributed by atoms with van der Waals surface area (Å²) in [5, 5.41) is 20.6. The van der Waals surface area contributed by atoms with E-state index in [0.717, 1.165) is 36.0 Å². The van der Waals surface area contributed by atoms with Crippen LogP contribution in [0.3, 0.4) is 0 Å². The molecule has 2 N–H and O–H groups in total. The van der Waals surface area contributed by atoms with Gasteiger partial charge in [-0.25, -0.2) is 0 Å². The van der Waals surface area contributed by atoms with Crippen molar-refractivity contribution in [2.45, 2.75) is 128 Å². The number of carbonyl (C=O) groups excluding carboxylic acids is 1. The molecule has 0 radical (unpaired) electrons. The third kappa shape index (κ3) is 20.4. The molecule has 11 nitrogen and oxygen atoms in total. The van der Waals surface area contributed by atoms with Gasteiger partial charge in [0.1, 0.15) is 17.1 Å². The summed E-state index contributed by atoms with van der Waals surface area (Å²) in [6.07, 6.45) is 15.8. The lowest BCUT2D eigenvalue weighted by Crippen LogP contribution is -2.46. The smallest absolute Gasteiger partial charge is 0.192 e. The molecule has 348 valence electrons. The molecule has 0 spiro atoms. The summed E-state index contributed by atoms with van der Waals surface area (Å²) in [6.45, 7) is 5.13. The average molecular weight is 867 g/mol. The van der Waals surface area contributed by atoms with E-state index >= 15 is 0 Å². The van der Waals surface area contributed by atoms with Gasteiger partial charge < -0.3 is 48.1 Å². The molecule has 0 aliphatic heterocycles. The Hall–Kier alpha value is -3.39. The molecule has 0 heterocycles. The molecule has 0 fully saturated rings. The zero-order valence-corrected chi connectivity index (χ0v) is 38.1. The van der Waals surface area contributed by atoms with Crippen molar-refractivity contribution in [1.29, 1.82) is 0 Å². The summed E-state index contributed by atoms with van der Waals surface area (Å²) >= 11 is 0. The zero-order valence-electron chi connectivity index (χ0n) is 38.1. The van der Waals surface area contributed by atoms with Crippen molar-refractivity contribution in [3.63, 3.8) is 0 Å². The summed E-state index contributed by atoms with van der Waals surface area (Å²) < 4.78 is 46.4. The largest absolute Gasteiger partial charge is 0.497 e. The Labute approximate surface area is 372 Å². The van der Waals surface area contributed by atoms with Gasteiger partial charge >= 0.3 is 0 Å². The average Bonchev–Trinajstić information content (AvgIpc) is 3.31. The number of benzene rings is 3. The van der Waals surface area contributed by atoms with Gasteiger partial charge in [0.25, 0.3) is 0 Å². The summed E-state index contributed by atoms with van der Waals surface area (Å²) in [6, 6.07) is 24.9. The van der Waals surface area contributed by atoms with Crippen LogP contribution in [-0.4, -0.2) is 109 Å². The van der Waals surface area contributed by atoms with Crippen LogP contribution < -0.4 is 9.47 Å². The number of ketones is 1. The molecule has 0 saturated carbocycles. The molecular weight excluding hydrogens is 789 g/mol. The monoisotopic (exact) mass is 867 g/mol. The number of ether oxygens (including phenoxy) is 8. The van der Waals surface area contributed by atoms with Crippen molar-refractivity contribution in [3.05, 3.63) is 95.6 Å². The lowest BCUT2D eigenvalue weighted by Gasteiger charge is -2.39. The fourth-order valence-electron chi connectivity index (χ4n) is 7.41. The first-order chi connectivity index (χ1) is 30.5. The van der Waals surface area contributed by atoms with E-state index in [0.29, 0.717) is 64.2 Å². The van der Waals surface area contributed by atoms with Gasteiger partial charge in [0.15, 0.2) is 18.2 Å². The van der Waals surface area contributed by atoms with Crippen LogP contribution in [0.2, 0.25) is 0 Å². The van der Waals surface area contributed by atoms with E-state index in [9.17, 15) is 9.90 Å². The van der Waals surface area contributed by atoms with E-state index < -0.39 is 18.0 Å². The summed E-state index contributed by atoms with van der Waals surface area (Å²) in [4.78, 5) is 13.8. The molecule has 0 bridgehead atoms. The number of methoxy groups -OCH3 is 2. The number of unbranched alkanes of at least 4 members (excludes halogenated alkanes) is 14. The number of carbonyl (C=O) groups is 1. The molecule has 11 heteroatoms. The van der Waals surface area contributed by atoms with Gasteiger partial charge in [-0.1, -0.05) is 151 Å². The third-order valence-electron chi connectivity index (χ3n) is 10.9. The minimum absolute atomic E-state index is 0.0119. The van der Waals surface area contributed by atoms with Gasteiger partial charge in [0.05, 0.1) is 80.3 Å². The second kappa shape index (κ2) is 34.1. The Morgan fingerprint density at radius 2 is 0.903 bits per heavy atom.